The molecule has 0 spiro atoms. The average Bonchev–Trinajstić information content (AvgIpc) is 2.82. The van der Waals surface area contributed by atoms with Crippen LogP contribution < -0.4 is 0 Å². The molecule has 1 aliphatic carbocycles. The van der Waals surface area contributed by atoms with E-state index < -0.39 is 5.60 Å². The van der Waals surface area contributed by atoms with E-state index in [1.54, 1.807) is 12.1 Å². The van der Waals surface area contributed by atoms with Gasteiger partial charge in [0, 0.05) is 12.0 Å². The zero-order chi connectivity index (χ0) is 19.7. The molecule has 1 aromatic rings. The van der Waals surface area contributed by atoms with Gasteiger partial charge in [0.15, 0.2) is 0 Å². The minimum atomic E-state index is -0.410. The van der Waals surface area contributed by atoms with Crippen LogP contribution in [0.4, 0.5) is 5.69 Å². The molecule has 1 aliphatic rings. The minimum Gasteiger partial charge on any atom is -0.372 e. The van der Waals surface area contributed by atoms with Crippen molar-refractivity contribution in [2.24, 2.45) is 11.8 Å². The van der Waals surface area contributed by atoms with Crippen LogP contribution in [0, 0.1) is 22.0 Å². The Balaban J connectivity index is 2.46. The largest absolute Gasteiger partial charge is 0.372 e. The molecule has 0 saturated heterocycles. The van der Waals surface area contributed by atoms with E-state index >= 15 is 0 Å². The van der Waals surface area contributed by atoms with Crippen molar-refractivity contribution in [3.05, 3.63) is 39.9 Å². The molecule has 5 nitrogen and oxygen atoms in total. The molecule has 0 radical (unpaired) electrons. The lowest BCUT2D eigenvalue weighted by Crippen LogP contribution is -2.36. The summed E-state index contributed by atoms with van der Waals surface area (Å²) in [6.45, 7) is 14.4. The van der Waals surface area contributed by atoms with Crippen molar-refractivity contribution in [1.29, 1.82) is 0 Å². The topological polar surface area (TPSA) is 61.6 Å². The Morgan fingerprint density at radius 2 is 1.69 bits per heavy atom. The molecule has 1 unspecified atom stereocenters. The second-order valence-corrected chi connectivity index (χ2v) is 9.48. The molecule has 1 aromatic carbocycles. The predicted molar refractivity (Wildman–Crippen MR) is 103 cm³/mol. The standard InChI is InChI=1S/C21H33NO4/c1-14-12-16(18(13-14)25-20(2,3)4)19(26-21(5,6)7)15-10-8-9-11-17(15)22(23)24/h8-11,14,16,18-19H,12-13H2,1-7H3/t14-,16-,18-,19?/m1/s1. The third-order valence-electron chi connectivity index (χ3n) is 4.60. The first-order valence-corrected chi connectivity index (χ1v) is 9.46. The van der Waals surface area contributed by atoms with Crippen molar-refractivity contribution in [2.75, 3.05) is 0 Å². The predicted octanol–water partition coefficient (Wildman–Crippen LogP) is 5.68. The maximum absolute atomic E-state index is 11.6. The first-order valence-electron chi connectivity index (χ1n) is 9.46. The van der Waals surface area contributed by atoms with E-state index in [9.17, 15) is 10.1 Å². The molecule has 0 amide bonds. The van der Waals surface area contributed by atoms with Gasteiger partial charge in [0.1, 0.15) is 0 Å². The number of hydrogen-bond donors (Lipinski definition) is 0. The summed E-state index contributed by atoms with van der Waals surface area (Å²) < 4.78 is 12.8. The molecular formula is C21H33NO4. The maximum Gasteiger partial charge on any atom is 0.275 e. The number of para-hydroxylation sites is 1. The number of nitro benzene ring substituents is 1. The van der Waals surface area contributed by atoms with Crippen LogP contribution in [0.5, 0.6) is 0 Å². The van der Waals surface area contributed by atoms with Gasteiger partial charge in [-0.15, -0.1) is 0 Å². The van der Waals surface area contributed by atoms with Gasteiger partial charge in [-0.25, -0.2) is 0 Å². The molecule has 1 fully saturated rings. The number of nitrogens with zero attached hydrogens (tertiary/aromatic N) is 1. The zero-order valence-corrected chi connectivity index (χ0v) is 17.1. The normalized spacial score (nSPS) is 25.3. The molecule has 0 heterocycles. The van der Waals surface area contributed by atoms with E-state index in [-0.39, 0.29) is 34.3 Å². The number of rotatable bonds is 5. The van der Waals surface area contributed by atoms with E-state index in [1.807, 2.05) is 32.9 Å². The summed E-state index contributed by atoms with van der Waals surface area (Å²) in [5.74, 6) is 0.589. The SMILES string of the molecule is C[C@H]1C[C@@H](OC(C)(C)C)[C@H](C(OC(C)(C)C)c2ccccc2[N+](=O)[O-])C1. The molecule has 2 rings (SSSR count). The van der Waals surface area contributed by atoms with Crippen LogP contribution in [0.1, 0.15) is 73.0 Å². The third-order valence-corrected chi connectivity index (χ3v) is 4.60. The lowest BCUT2D eigenvalue weighted by Gasteiger charge is -2.36. The fourth-order valence-electron chi connectivity index (χ4n) is 3.85. The second-order valence-electron chi connectivity index (χ2n) is 9.48. The number of ether oxygens (including phenoxy) is 2. The smallest absolute Gasteiger partial charge is 0.275 e. The summed E-state index contributed by atoms with van der Waals surface area (Å²) in [5.41, 5.74) is 0.0961. The van der Waals surface area contributed by atoms with E-state index in [4.69, 9.17) is 9.47 Å². The van der Waals surface area contributed by atoms with Crippen LogP contribution in [-0.4, -0.2) is 22.2 Å². The number of hydrogen-bond acceptors (Lipinski definition) is 4. The minimum absolute atomic E-state index is 0.0251. The van der Waals surface area contributed by atoms with Gasteiger partial charge in [-0.2, -0.15) is 0 Å². The molecule has 4 atom stereocenters. The molecule has 0 aromatic heterocycles. The van der Waals surface area contributed by atoms with Gasteiger partial charge >= 0.3 is 0 Å². The molecule has 26 heavy (non-hydrogen) atoms. The van der Waals surface area contributed by atoms with Gasteiger partial charge in [-0.3, -0.25) is 10.1 Å². The first-order chi connectivity index (χ1) is 11.9. The highest BCUT2D eigenvalue weighted by Gasteiger charge is 2.44. The monoisotopic (exact) mass is 363 g/mol. The summed E-state index contributed by atoms with van der Waals surface area (Å²) in [7, 11) is 0. The lowest BCUT2D eigenvalue weighted by atomic mass is 9.90. The summed E-state index contributed by atoms with van der Waals surface area (Å²) in [6, 6.07) is 6.94. The highest BCUT2D eigenvalue weighted by atomic mass is 16.6. The highest BCUT2D eigenvalue weighted by molar-refractivity contribution is 5.42. The Bertz CT molecular complexity index is 630. The van der Waals surface area contributed by atoms with Gasteiger partial charge in [0.25, 0.3) is 5.69 Å². The quantitative estimate of drug-likeness (QED) is 0.499. The third kappa shape index (κ3) is 5.52. The second kappa shape index (κ2) is 7.65. The van der Waals surface area contributed by atoms with Crippen molar-refractivity contribution in [3.63, 3.8) is 0 Å². The molecule has 0 N–H and O–H groups in total. The Labute approximate surface area is 157 Å². The van der Waals surface area contributed by atoms with E-state index in [0.717, 1.165) is 12.8 Å². The van der Waals surface area contributed by atoms with E-state index in [2.05, 4.69) is 27.7 Å². The fraction of sp³-hybridized carbons (Fsp3) is 0.714. The highest BCUT2D eigenvalue weighted by Crippen LogP contribution is 2.47. The van der Waals surface area contributed by atoms with Gasteiger partial charge < -0.3 is 9.47 Å². The van der Waals surface area contributed by atoms with Crippen LogP contribution in [0.2, 0.25) is 0 Å². The Kier molecular flexibility index (Phi) is 6.13. The molecule has 0 aliphatic heterocycles. The van der Waals surface area contributed by atoms with Crippen LogP contribution in [0.3, 0.4) is 0 Å². The first kappa shape index (κ1) is 20.8. The summed E-state index contributed by atoms with van der Waals surface area (Å²) >= 11 is 0. The van der Waals surface area contributed by atoms with Crippen LogP contribution in [-0.2, 0) is 9.47 Å². The van der Waals surface area contributed by atoms with Crippen molar-refractivity contribution in [2.45, 2.75) is 84.7 Å². The Hall–Kier alpha value is -1.46. The van der Waals surface area contributed by atoms with Crippen molar-refractivity contribution < 1.29 is 14.4 Å². The van der Waals surface area contributed by atoms with Crippen LogP contribution >= 0.6 is 0 Å². The van der Waals surface area contributed by atoms with Gasteiger partial charge in [0.2, 0.25) is 0 Å². The molecule has 146 valence electrons. The van der Waals surface area contributed by atoms with Gasteiger partial charge in [0.05, 0.1) is 33.9 Å². The Morgan fingerprint density at radius 1 is 1.08 bits per heavy atom. The summed E-state index contributed by atoms with van der Waals surface area (Å²) in [5, 5.41) is 11.6. The van der Waals surface area contributed by atoms with Gasteiger partial charge in [-0.1, -0.05) is 19.1 Å². The van der Waals surface area contributed by atoms with E-state index in [0.29, 0.717) is 11.5 Å². The van der Waals surface area contributed by atoms with Crippen molar-refractivity contribution >= 4 is 5.69 Å². The lowest BCUT2D eigenvalue weighted by molar-refractivity contribution is -0.386. The molecule has 5 heteroatoms. The Morgan fingerprint density at radius 3 is 2.23 bits per heavy atom. The summed E-state index contributed by atoms with van der Waals surface area (Å²) in [6.07, 6.45) is 1.55. The maximum atomic E-state index is 11.6. The number of benzene rings is 1. The van der Waals surface area contributed by atoms with E-state index in [1.165, 1.54) is 0 Å². The fourth-order valence-corrected chi connectivity index (χ4v) is 3.85. The summed E-state index contributed by atoms with van der Waals surface area (Å²) in [4.78, 5) is 11.3. The molecule has 0 bridgehead atoms. The van der Waals surface area contributed by atoms with Crippen LogP contribution in [0.15, 0.2) is 24.3 Å². The average molecular weight is 363 g/mol. The van der Waals surface area contributed by atoms with Gasteiger partial charge in [-0.05, 0) is 66.4 Å². The molecule has 1 saturated carbocycles. The zero-order valence-electron chi connectivity index (χ0n) is 17.1. The van der Waals surface area contributed by atoms with Crippen molar-refractivity contribution in [3.8, 4) is 0 Å². The van der Waals surface area contributed by atoms with Crippen molar-refractivity contribution in [1.82, 2.24) is 0 Å². The number of nitro groups is 1. The molecular weight excluding hydrogens is 330 g/mol. The van der Waals surface area contributed by atoms with Crippen LogP contribution in [0.25, 0.3) is 0 Å².